The number of pyridine rings is 1. The van der Waals surface area contributed by atoms with Crippen LogP contribution < -0.4 is 5.32 Å². The number of hydrogen-bond acceptors (Lipinski definition) is 5. The van der Waals surface area contributed by atoms with Gasteiger partial charge in [0.05, 0.1) is 22.3 Å². The van der Waals surface area contributed by atoms with Crippen LogP contribution in [0.5, 0.6) is 0 Å². The highest BCUT2D eigenvalue weighted by atomic mass is 32.1. The molecule has 3 rings (SSSR count). The largest absolute Gasteiger partial charge is 0.326 e. The zero-order chi connectivity index (χ0) is 16.8. The third kappa shape index (κ3) is 4.03. The molecule has 0 aliphatic heterocycles. The van der Waals surface area contributed by atoms with E-state index in [1.807, 2.05) is 17.5 Å². The SMILES string of the molecule is N#Cc1cccc(NC(=O)CCc2nc(-c3ccncc3)cs2)c1. The summed E-state index contributed by atoms with van der Waals surface area (Å²) in [6.45, 7) is 0. The number of aromatic nitrogens is 2. The van der Waals surface area contributed by atoms with Crippen LogP contribution in [0.15, 0.2) is 54.2 Å². The molecule has 0 fully saturated rings. The molecule has 0 saturated carbocycles. The van der Waals surface area contributed by atoms with E-state index < -0.39 is 0 Å². The van der Waals surface area contributed by atoms with Crippen molar-refractivity contribution >= 4 is 22.9 Å². The highest BCUT2D eigenvalue weighted by Gasteiger charge is 2.08. The first kappa shape index (κ1) is 15.8. The summed E-state index contributed by atoms with van der Waals surface area (Å²) >= 11 is 1.54. The maximum absolute atomic E-state index is 12.0. The Kier molecular flexibility index (Phi) is 4.94. The lowest BCUT2D eigenvalue weighted by Crippen LogP contribution is -2.12. The number of carbonyl (C=O) groups is 1. The standard InChI is InChI=1S/C18H14N4OS/c19-11-13-2-1-3-15(10-13)21-17(23)4-5-18-22-16(12-24-18)14-6-8-20-9-7-14/h1-3,6-10,12H,4-5H2,(H,21,23). The van der Waals surface area contributed by atoms with E-state index in [0.717, 1.165) is 16.3 Å². The second-order valence-electron chi connectivity index (χ2n) is 5.10. The maximum atomic E-state index is 12.0. The molecule has 5 nitrogen and oxygen atoms in total. The van der Waals surface area contributed by atoms with Gasteiger partial charge in [0.2, 0.25) is 5.91 Å². The molecule has 24 heavy (non-hydrogen) atoms. The minimum atomic E-state index is -0.0919. The Hall–Kier alpha value is -3.04. The van der Waals surface area contributed by atoms with Gasteiger partial charge in [-0.2, -0.15) is 5.26 Å². The van der Waals surface area contributed by atoms with Crippen LogP contribution in [-0.2, 0) is 11.2 Å². The summed E-state index contributed by atoms with van der Waals surface area (Å²) in [5.74, 6) is -0.0919. The first-order valence-corrected chi connectivity index (χ1v) is 8.27. The molecule has 1 N–H and O–H groups in total. The molecule has 0 saturated heterocycles. The number of carbonyl (C=O) groups excluding carboxylic acids is 1. The highest BCUT2D eigenvalue weighted by Crippen LogP contribution is 2.22. The molecule has 0 spiro atoms. The van der Waals surface area contributed by atoms with E-state index in [4.69, 9.17) is 5.26 Å². The zero-order valence-corrected chi connectivity index (χ0v) is 13.6. The Labute approximate surface area is 143 Å². The number of nitriles is 1. The van der Waals surface area contributed by atoms with Gasteiger partial charge in [-0.25, -0.2) is 4.98 Å². The van der Waals surface area contributed by atoms with Crippen LogP contribution in [0.25, 0.3) is 11.3 Å². The molecule has 118 valence electrons. The number of hydrogen-bond donors (Lipinski definition) is 1. The van der Waals surface area contributed by atoms with E-state index in [1.165, 1.54) is 0 Å². The second-order valence-corrected chi connectivity index (χ2v) is 6.05. The Morgan fingerprint density at radius 1 is 1.25 bits per heavy atom. The zero-order valence-electron chi connectivity index (χ0n) is 12.8. The van der Waals surface area contributed by atoms with Gasteiger partial charge in [0, 0.05) is 41.9 Å². The normalized spacial score (nSPS) is 10.1. The van der Waals surface area contributed by atoms with E-state index >= 15 is 0 Å². The predicted molar refractivity (Wildman–Crippen MR) is 93.5 cm³/mol. The molecule has 0 atom stereocenters. The lowest BCUT2D eigenvalue weighted by Gasteiger charge is -2.04. The summed E-state index contributed by atoms with van der Waals surface area (Å²) in [5.41, 5.74) is 3.08. The lowest BCUT2D eigenvalue weighted by atomic mass is 10.2. The summed E-state index contributed by atoms with van der Waals surface area (Å²) in [7, 11) is 0. The molecule has 0 aliphatic rings. The number of anilines is 1. The van der Waals surface area contributed by atoms with Crippen molar-refractivity contribution in [1.29, 1.82) is 5.26 Å². The number of benzene rings is 1. The monoisotopic (exact) mass is 334 g/mol. The topological polar surface area (TPSA) is 78.7 Å². The van der Waals surface area contributed by atoms with E-state index in [-0.39, 0.29) is 5.91 Å². The Balaban J connectivity index is 1.57. The molecule has 0 radical (unpaired) electrons. The van der Waals surface area contributed by atoms with Gasteiger partial charge >= 0.3 is 0 Å². The third-order valence-electron chi connectivity index (χ3n) is 3.37. The van der Waals surface area contributed by atoms with Crippen LogP contribution in [0, 0.1) is 11.3 Å². The van der Waals surface area contributed by atoms with Crippen LogP contribution in [0.2, 0.25) is 0 Å². The van der Waals surface area contributed by atoms with Crippen molar-refractivity contribution < 1.29 is 4.79 Å². The maximum Gasteiger partial charge on any atom is 0.224 e. The number of rotatable bonds is 5. The van der Waals surface area contributed by atoms with E-state index in [1.54, 1.807) is 48.0 Å². The first-order valence-electron chi connectivity index (χ1n) is 7.39. The Bertz CT molecular complexity index is 883. The molecule has 3 aromatic rings. The molecule has 0 unspecified atom stereocenters. The van der Waals surface area contributed by atoms with Crippen molar-refractivity contribution in [2.75, 3.05) is 5.32 Å². The molecule has 2 aromatic heterocycles. The number of thiazole rings is 1. The lowest BCUT2D eigenvalue weighted by molar-refractivity contribution is -0.116. The van der Waals surface area contributed by atoms with Crippen molar-refractivity contribution in [3.8, 4) is 17.3 Å². The fourth-order valence-electron chi connectivity index (χ4n) is 2.19. The fourth-order valence-corrected chi connectivity index (χ4v) is 3.00. The van der Waals surface area contributed by atoms with Gasteiger partial charge in [-0.1, -0.05) is 6.07 Å². The average molecular weight is 334 g/mol. The summed E-state index contributed by atoms with van der Waals surface area (Å²) in [6.07, 6.45) is 4.40. The van der Waals surface area contributed by atoms with Crippen LogP contribution >= 0.6 is 11.3 Å². The molecule has 0 aliphatic carbocycles. The predicted octanol–water partition coefficient (Wildman–Crippen LogP) is 3.65. The molecular formula is C18H14N4OS. The van der Waals surface area contributed by atoms with Crippen LogP contribution in [0.4, 0.5) is 5.69 Å². The summed E-state index contributed by atoms with van der Waals surface area (Å²) in [6, 6.07) is 12.7. The van der Waals surface area contributed by atoms with Gasteiger partial charge in [-0.05, 0) is 30.3 Å². The Morgan fingerprint density at radius 2 is 2.08 bits per heavy atom. The number of nitrogens with zero attached hydrogens (tertiary/aromatic N) is 3. The van der Waals surface area contributed by atoms with Crippen molar-refractivity contribution in [3.05, 3.63) is 64.7 Å². The van der Waals surface area contributed by atoms with E-state index in [0.29, 0.717) is 24.1 Å². The number of amides is 1. The van der Waals surface area contributed by atoms with Crippen LogP contribution in [0.1, 0.15) is 17.0 Å². The quantitative estimate of drug-likeness (QED) is 0.772. The van der Waals surface area contributed by atoms with Crippen molar-refractivity contribution in [2.45, 2.75) is 12.8 Å². The van der Waals surface area contributed by atoms with E-state index in [2.05, 4.69) is 21.4 Å². The van der Waals surface area contributed by atoms with Gasteiger partial charge < -0.3 is 5.32 Å². The smallest absolute Gasteiger partial charge is 0.224 e. The van der Waals surface area contributed by atoms with Crippen LogP contribution in [-0.4, -0.2) is 15.9 Å². The van der Waals surface area contributed by atoms with Gasteiger partial charge in [-0.15, -0.1) is 11.3 Å². The van der Waals surface area contributed by atoms with Crippen molar-refractivity contribution in [2.24, 2.45) is 0 Å². The van der Waals surface area contributed by atoms with Gasteiger partial charge in [-0.3, -0.25) is 9.78 Å². The van der Waals surface area contributed by atoms with E-state index in [9.17, 15) is 4.79 Å². The molecule has 1 amide bonds. The summed E-state index contributed by atoms with van der Waals surface area (Å²) in [5, 5.41) is 14.6. The van der Waals surface area contributed by atoms with Crippen molar-refractivity contribution in [3.63, 3.8) is 0 Å². The van der Waals surface area contributed by atoms with Gasteiger partial charge in [0.1, 0.15) is 0 Å². The van der Waals surface area contributed by atoms with Gasteiger partial charge in [0.25, 0.3) is 0 Å². The molecule has 6 heteroatoms. The molecule has 0 bridgehead atoms. The number of nitrogens with one attached hydrogen (secondary N) is 1. The first-order chi connectivity index (χ1) is 11.7. The van der Waals surface area contributed by atoms with Crippen molar-refractivity contribution in [1.82, 2.24) is 9.97 Å². The molecule has 2 heterocycles. The minimum Gasteiger partial charge on any atom is -0.326 e. The molecular weight excluding hydrogens is 320 g/mol. The highest BCUT2D eigenvalue weighted by molar-refractivity contribution is 7.09. The summed E-state index contributed by atoms with van der Waals surface area (Å²) in [4.78, 5) is 20.6. The molecule has 1 aromatic carbocycles. The summed E-state index contributed by atoms with van der Waals surface area (Å²) < 4.78 is 0. The second kappa shape index (κ2) is 7.49. The third-order valence-corrected chi connectivity index (χ3v) is 4.28. The van der Waals surface area contributed by atoms with Crippen LogP contribution in [0.3, 0.4) is 0 Å². The fraction of sp³-hybridized carbons (Fsp3) is 0.111. The average Bonchev–Trinajstić information content (AvgIpc) is 3.10. The Morgan fingerprint density at radius 3 is 2.88 bits per heavy atom. The minimum absolute atomic E-state index is 0.0919. The number of aryl methyl sites for hydroxylation is 1. The van der Waals surface area contributed by atoms with Gasteiger partial charge in [0.15, 0.2) is 0 Å².